The number of benzene rings is 1. The molecule has 24 heavy (non-hydrogen) atoms. The third-order valence-corrected chi connectivity index (χ3v) is 4.52. The van der Waals surface area contributed by atoms with Gasteiger partial charge in [-0.25, -0.2) is 0 Å². The van der Waals surface area contributed by atoms with Gasteiger partial charge in [0.15, 0.2) is 0 Å². The third-order valence-electron chi connectivity index (χ3n) is 4.52. The second-order valence-electron chi connectivity index (χ2n) is 6.16. The average molecular weight is 354 g/mol. The minimum absolute atomic E-state index is 0. The van der Waals surface area contributed by atoms with Gasteiger partial charge in [0.2, 0.25) is 11.8 Å². The molecule has 1 aromatic carbocycles. The average Bonchev–Trinajstić information content (AvgIpc) is 2.98. The quantitative estimate of drug-likeness (QED) is 0.857. The Kier molecular flexibility index (Phi) is 6.45. The van der Waals surface area contributed by atoms with E-state index in [1.165, 1.54) is 0 Å². The number of methoxy groups -OCH3 is 1. The van der Waals surface area contributed by atoms with Gasteiger partial charge in [0.1, 0.15) is 5.75 Å². The molecule has 7 heteroatoms. The number of carbonyl (C=O) groups is 2. The largest absolute Gasteiger partial charge is 0.497 e. The molecule has 2 N–H and O–H groups in total. The van der Waals surface area contributed by atoms with E-state index in [0.717, 1.165) is 37.4 Å². The van der Waals surface area contributed by atoms with Crippen molar-refractivity contribution >= 4 is 29.9 Å². The van der Waals surface area contributed by atoms with Crippen molar-refractivity contribution < 1.29 is 14.3 Å². The predicted octanol–water partition coefficient (Wildman–Crippen LogP) is 1.34. The van der Waals surface area contributed by atoms with Crippen molar-refractivity contribution in [1.29, 1.82) is 0 Å². The van der Waals surface area contributed by atoms with Crippen LogP contribution in [0.15, 0.2) is 24.3 Å². The molecule has 0 aliphatic carbocycles. The van der Waals surface area contributed by atoms with Gasteiger partial charge in [-0.05, 0) is 43.7 Å². The zero-order valence-electron chi connectivity index (χ0n) is 13.8. The van der Waals surface area contributed by atoms with E-state index in [4.69, 9.17) is 4.74 Å². The van der Waals surface area contributed by atoms with Crippen molar-refractivity contribution in [1.82, 2.24) is 10.6 Å². The molecule has 2 saturated heterocycles. The Morgan fingerprint density at radius 2 is 2.08 bits per heavy atom. The molecule has 2 aliphatic heterocycles. The standard InChI is InChI=1S/C17H23N3O3.ClH/c1-23-15-6-4-14(5-7-15)20-11-12(9-16(20)21)17(22)19-13-3-2-8-18-10-13;/h4-7,12-13,18H,2-3,8-11H2,1H3,(H,19,22);1H. The number of piperidine rings is 1. The highest BCUT2D eigenvalue weighted by molar-refractivity contribution is 6.00. The molecule has 0 saturated carbocycles. The van der Waals surface area contributed by atoms with Crippen LogP contribution in [-0.2, 0) is 9.59 Å². The van der Waals surface area contributed by atoms with Gasteiger partial charge >= 0.3 is 0 Å². The number of hydrogen-bond donors (Lipinski definition) is 2. The molecule has 6 nitrogen and oxygen atoms in total. The maximum atomic E-state index is 12.4. The maximum absolute atomic E-state index is 12.4. The van der Waals surface area contributed by atoms with Crippen LogP contribution >= 0.6 is 12.4 Å². The Morgan fingerprint density at radius 1 is 1.33 bits per heavy atom. The van der Waals surface area contributed by atoms with Gasteiger partial charge in [-0.1, -0.05) is 0 Å². The number of ether oxygens (including phenoxy) is 1. The Balaban J connectivity index is 0.00000208. The van der Waals surface area contributed by atoms with Crippen molar-refractivity contribution in [2.75, 3.05) is 31.6 Å². The van der Waals surface area contributed by atoms with Crippen LogP contribution in [0.1, 0.15) is 19.3 Å². The monoisotopic (exact) mass is 353 g/mol. The fraction of sp³-hybridized carbons (Fsp3) is 0.529. The van der Waals surface area contributed by atoms with E-state index in [9.17, 15) is 9.59 Å². The Morgan fingerprint density at radius 3 is 2.71 bits per heavy atom. The van der Waals surface area contributed by atoms with Crippen LogP contribution in [0.4, 0.5) is 5.69 Å². The molecule has 2 unspecified atom stereocenters. The summed E-state index contributed by atoms with van der Waals surface area (Å²) in [6.45, 7) is 2.27. The summed E-state index contributed by atoms with van der Waals surface area (Å²) in [6.07, 6.45) is 2.35. The second-order valence-corrected chi connectivity index (χ2v) is 6.16. The Hall–Kier alpha value is -1.79. The van der Waals surface area contributed by atoms with Crippen molar-refractivity contribution in [2.45, 2.75) is 25.3 Å². The van der Waals surface area contributed by atoms with E-state index in [1.807, 2.05) is 24.3 Å². The fourth-order valence-electron chi connectivity index (χ4n) is 3.19. The molecule has 0 spiro atoms. The summed E-state index contributed by atoms with van der Waals surface area (Å²) in [5, 5.41) is 6.35. The normalized spacial score (nSPS) is 23.5. The van der Waals surface area contributed by atoms with Crippen LogP contribution in [0.25, 0.3) is 0 Å². The molecule has 0 aromatic heterocycles. The van der Waals surface area contributed by atoms with Crippen molar-refractivity contribution in [3.05, 3.63) is 24.3 Å². The molecule has 1 aromatic rings. The summed E-state index contributed by atoms with van der Waals surface area (Å²) in [6, 6.07) is 7.53. The van der Waals surface area contributed by atoms with Crippen molar-refractivity contribution in [3.8, 4) is 5.75 Å². The topological polar surface area (TPSA) is 70.7 Å². The molecule has 2 aliphatic rings. The summed E-state index contributed by atoms with van der Waals surface area (Å²) < 4.78 is 5.13. The highest BCUT2D eigenvalue weighted by Crippen LogP contribution is 2.27. The van der Waals surface area contributed by atoms with Crippen LogP contribution in [0.2, 0.25) is 0 Å². The van der Waals surface area contributed by atoms with E-state index < -0.39 is 0 Å². The second kappa shape index (κ2) is 8.35. The number of nitrogens with one attached hydrogen (secondary N) is 2. The molecular weight excluding hydrogens is 330 g/mol. The molecule has 2 amide bonds. The molecular formula is C17H24ClN3O3. The smallest absolute Gasteiger partial charge is 0.227 e. The molecule has 0 bridgehead atoms. The minimum Gasteiger partial charge on any atom is -0.497 e. The molecule has 2 heterocycles. The molecule has 2 atom stereocenters. The lowest BCUT2D eigenvalue weighted by Gasteiger charge is -2.25. The summed E-state index contributed by atoms with van der Waals surface area (Å²) >= 11 is 0. The first-order valence-electron chi connectivity index (χ1n) is 8.13. The van der Waals surface area contributed by atoms with E-state index >= 15 is 0 Å². The van der Waals surface area contributed by atoms with Gasteiger partial charge in [0.05, 0.1) is 13.0 Å². The number of carbonyl (C=O) groups excluding carboxylic acids is 2. The van der Waals surface area contributed by atoms with Gasteiger partial charge in [-0.2, -0.15) is 0 Å². The first-order valence-corrected chi connectivity index (χ1v) is 8.13. The van der Waals surface area contributed by atoms with Gasteiger partial charge in [0.25, 0.3) is 0 Å². The Bertz CT molecular complexity index is 573. The number of amides is 2. The van der Waals surface area contributed by atoms with E-state index in [-0.39, 0.29) is 42.6 Å². The lowest BCUT2D eigenvalue weighted by Crippen LogP contribution is -2.47. The first-order chi connectivity index (χ1) is 11.2. The van der Waals surface area contributed by atoms with E-state index in [2.05, 4.69) is 10.6 Å². The number of anilines is 1. The number of hydrogen-bond acceptors (Lipinski definition) is 4. The van der Waals surface area contributed by atoms with Crippen LogP contribution < -0.4 is 20.3 Å². The molecule has 2 fully saturated rings. The first kappa shape index (κ1) is 18.5. The maximum Gasteiger partial charge on any atom is 0.227 e. The fourth-order valence-corrected chi connectivity index (χ4v) is 3.19. The summed E-state index contributed by atoms with van der Waals surface area (Å²) in [7, 11) is 1.61. The van der Waals surface area contributed by atoms with Crippen LogP contribution in [0, 0.1) is 5.92 Å². The van der Waals surface area contributed by atoms with Crippen molar-refractivity contribution in [2.24, 2.45) is 5.92 Å². The van der Waals surface area contributed by atoms with E-state index in [0.29, 0.717) is 6.54 Å². The predicted molar refractivity (Wildman–Crippen MR) is 94.7 cm³/mol. The summed E-state index contributed by atoms with van der Waals surface area (Å²) in [5.41, 5.74) is 0.811. The van der Waals surface area contributed by atoms with Gasteiger partial charge in [0, 0.05) is 31.2 Å². The number of rotatable bonds is 4. The van der Waals surface area contributed by atoms with Gasteiger partial charge < -0.3 is 20.3 Å². The Labute approximate surface area is 148 Å². The van der Waals surface area contributed by atoms with Gasteiger partial charge in [-0.15, -0.1) is 12.4 Å². The zero-order valence-corrected chi connectivity index (χ0v) is 14.6. The van der Waals surface area contributed by atoms with Crippen LogP contribution in [0.5, 0.6) is 5.75 Å². The highest BCUT2D eigenvalue weighted by Gasteiger charge is 2.35. The van der Waals surface area contributed by atoms with Crippen LogP contribution in [0.3, 0.4) is 0 Å². The van der Waals surface area contributed by atoms with Gasteiger partial charge in [-0.3, -0.25) is 9.59 Å². The van der Waals surface area contributed by atoms with Crippen LogP contribution in [-0.4, -0.2) is 44.6 Å². The number of halogens is 1. The van der Waals surface area contributed by atoms with E-state index in [1.54, 1.807) is 12.0 Å². The third kappa shape index (κ3) is 4.19. The zero-order chi connectivity index (χ0) is 16.2. The minimum atomic E-state index is -0.272. The lowest BCUT2D eigenvalue weighted by molar-refractivity contribution is -0.127. The SMILES string of the molecule is COc1ccc(N2CC(C(=O)NC3CCCNC3)CC2=O)cc1.Cl. The molecule has 0 radical (unpaired) electrons. The number of nitrogens with zero attached hydrogens (tertiary/aromatic N) is 1. The summed E-state index contributed by atoms with van der Waals surface area (Å²) in [4.78, 5) is 26.3. The highest BCUT2D eigenvalue weighted by atomic mass is 35.5. The lowest BCUT2D eigenvalue weighted by atomic mass is 10.0. The molecule has 132 valence electrons. The molecule has 3 rings (SSSR count). The van der Waals surface area contributed by atoms with Crippen molar-refractivity contribution in [3.63, 3.8) is 0 Å². The summed E-state index contributed by atoms with van der Waals surface area (Å²) in [5.74, 6) is 0.464.